The molecule has 2 heterocycles. The molecule has 0 bridgehead atoms. The summed E-state index contributed by atoms with van der Waals surface area (Å²) in [6.45, 7) is 5.00. The van der Waals surface area contributed by atoms with Gasteiger partial charge in [0.05, 0.1) is 19.8 Å². The second-order valence-electron chi connectivity index (χ2n) is 4.55. The van der Waals surface area contributed by atoms with Gasteiger partial charge < -0.3 is 19.7 Å². The van der Waals surface area contributed by atoms with Crippen molar-refractivity contribution in [1.29, 1.82) is 0 Å². The number of H-pyrrole nitrogens is 1. The summed E-state index contributed by atoms with van der Waals surface area (Å²) < 4.78 is 10.3. The maximum atomic E-state index is 11.9. The molecule has 1 saturated heterocycles. The number of carbonyl (C=O) groups is 2. The summed E-state index contributed by atoms with van der Waals surface area (Å²) in [4.78, 5) is 25.5. The van der Waals surface area contributed by atoms with Crippen molar-refractivity contribution in [2.45, 2.75) is 13.3 Å². The van der Waals surface area contributed by atoms with E-state index in [4.69, 9.17) is 9.47 Å². The van der Waals surface area contributed by atoms with Gasteiger partial charge in [-0.1, -0.05) is 0 Å². The van der Waals surface area contributed by atoms with Crippen LogP contribution in [0.3, 0.4) is 0 Å². The number of ether oxygens (including phenoxy) is 2. The quantitative estimate of drug-likeness (QED) is 0.757. The lowest BCUT2D eigenvalue weighted by Gasteiger charge is -2.26. The SMILES string of the molecule is CCOc1cc(C(=O)NCCC(=O)N2CCOCC2)[nH]n1. The van der Waals surface area contributed by atoms with E-state index in [0.717, 1.165) is 0 Å². The second kappa shape index (κ2) is 7.63. The molecule has 2 N–H and O–H groups in total. The number of nitrogens with one attached hydrogen (secondary N) is 2. The molecule has 0 atom stereocenters. The van der Waals surface area contributed by atoms with Gasteiger partial charge in [0.25, 0.3) is 5.91 Å². The predicted octanol–water partition coefficient (Wildman–Crippen LogP) is -0.213. The first-order chi connectivity index (χ1) is 10.2. The number of nitrogens with zero attached hydrogens (tertiary/aromatic N) is 2. The highest BCUT2D eigenvalue weighted by Crippen LogP contribution is 2.07. The van der Waals surface area contributed by atoms with Crippen LogP contribution in [0.4, 0.5) is 0 Å². The summed E-state index contributed by atoms with van der Waals surface area (Å²) in [5.74, 6) is 0.105. The third-order valence-corrected chi connectivity index (χ3v) is 3.08. The van der Waals surface area contributed by atoms with Gasteiger partial charge in [0.2, 0.25) is 11.8 Å². The van der Waals surface area contributed by atoms with Gasteiger partial charge in [-0.25, -0.2) is 0 Å². The minimum absolute atomic E-state index is 0.0261. The molecule has 2 amide bonds. The summed E-state index contributed by atoms with van der Waals surface area (Å²) in [7, 11) is 0. The number of hydrogen-bond acceptors (Lipinski definition) is 5. The van der Waals surface area contributed by atoms with E-state index >= 15 is 0 Å². The molecule has 0 aliphatic carbocycles. The van der Waals surface area contributed by atoms with Crippen LogP contribution in [0.1, 0.15) is 23.8 Å². The van der Waals surface area contributed by atoms with Crippen LogP contribution in [0.15, 0.2) is 6.07 Å². The number of rotatable bonds is 6. The van der Waals surface area contributed by atoms with Crippen LogP contribution >= 0.6 is 0 Å². The Kier molecular flexibility index (Phi) is 5.56. The minimum Gasteiger partial charge on any atom is -0.477 e. The molecule has 21 heavy (non-hydrogen) atoms. The minimum atomic E-state index is -0.303. The average Bonchev–Trinajstić information content (AvgIpc) is 2.97. The molecule has 0 unspecified atom stereocenters. The number of carbonyl (C=O) groups excluding carboxylic acids is 2. The molecule has 1 fully saturated rings. The van der Waals surface area contributed by atoms with Crippen LogP contribution in [-0.4, -0.2) is 66.4 Å². The fraction of sp³-hybridized carbons (Fsp3) is 0.615. The zero-order valence-electron chi connectivity index (χ0n) is 12.1. The third kappa shape index (κ3) is 4.45. The zero-order valence-corrected chi connectivity index (χ0v) is 12.1. The highest BCUT2D eigenvalue weighted by atomic mass is 16.5. The van der Waals surface area contributed by atoms with E-state index in [9.17, 15) is 9.59 Å². The Labute approximate surface area is 122 Å². The normalized spacial score (nSPS) is 14.8. The first-order valence-electron chi connectivity index (χ1n) is 7.02. The van der Waals surface area contributed by atoms with Gasteiger partial charge >= 0.3 is 0 Å². The molecule has 1 aromatic heterocycles. The van der Waals surface area contributed by atoms with E-state index in [2.05, 4.69) is 15.5 Å². The molecule has 0 aromatic carbocycles. The van der Waals surface area contributed by atoms with Crippen molar-refractivity contribution in [2.75, 3.05) is 39.5 Å². The number of aromatic amines is 1. The first-order valence-corrected chi connectivity index (χ1v) is 7.02. The molecule has 1 aromatic rings. The Morgan fingerprint density at radius 3 is 2.95 bits per heavy atom. The van der Waals surface area contributed by atoms with Crippen molar-refractivity contribution in [1.82, 2.24) is 20.4 Å². The standard InChI is InChI=1S/C13H20N4O4/c1-2-21-11-9-10(15-16-11)13(19)14-4-3-12(18)17-5-7-20-8-6-17/h9H,2-8H2,1H3,(H,14,19)(H,15,16). The zero-order chi connectivity index (χ0) is 15.1. The predicted molar refractivity (Wildman–Crippen MR) is 74.1 cm³/mol. The van der Waals surface area contributed by atoms with Crippen LogP contribution < -0.4 is 10.1 Å². The monoisotopic (exact) mass is 296 g/mol. The Morgan fingerprint density at radius 1 is 1.48 bits per heavy atom. The summed E-state index contributed by atoms with van der Waals surface area (Å²) in [5, 5.41) is 9.12. The molecule has 0 radical (unpaired) electrons. The van der Waals surface area contributed by atoms with Gasteiger partial charge in [-0.15, -0.1) is 5.10 Å². The number of morpholine rings is 1. The Balaban J connectivity index is 1.71. The molecule has 8 nitrogen and oxygen atoms in total. The van der Waals surface area contributed by atoms with E-state index in [-0.39, 0.29) is 24.8 Å². The van der Waals surface area contributed by atoms with Crippen molar-refractivity contribution in [3.05, 3.63) is 11.8 Å². The van der Waals surface area contributed by atoms with Gasteiger partial charge in [-0.05, 0) is 6.92 Å². The van der Waals surface area contributed by atoms with E-state index in [1.807, 2.05) is 6.92 Å². The molecular formula is C13H20N4O4. The Bertz CT molecular complexity index is 482. The highest BCUT2D eigenvalue weighted by Gasteiger charge is 2.17. The first kappa shape index (κ1) is 15.3. The Hall–Kier alpha value is -2.09. The summed E-state index contributed by atoms with van der Waals surface area (Å²) >= 11 is 0. The largest absolute Gasteiger partial charge is 0.477 e. The van der Waals surface area contributed by atoms with Crippen LogP contribution in [0.25, 0.3) is 0 Å². The summed E-state index contributed by atoms with van der Waals surface area (Å²) in [6.07, 6.45) is 0.276. The lowest BCUT2D eigenvalue weighted by molar-refractivity contribution is -0.135. The smallest absolute Gasteiger partial charge is 0.269 e. The van der Waals surface area contributed by atoms with Gasteiger partial charge in [0.1, 0.15) is 5.69 Å². The van der Waals surface area contributed by atoms with Crippen LogP contribution in [0.5, 0.6) is 5.88 Å². The van der Waals surface area contributed by atoms with Gasteiger partial charge in [-0.2, -0.15) is 0 Å². The number of hydrogen-bond donors (Lipinski definition) is 2. The van der Waals surface area contributed by atoms with Crippen LogP contribution in [-0.2, 0) is 9.53 Å². The van der Waals surface area contributed by atoms with Crippen molar-refractivity contribution >= 4 is 11.8 Å². The van der Waals surface area contributed by atoms with Crippen LogP contribution in [0, 0.1) is 0 Å². The fourth-order valence-corrected chi connectivity index (χ4v) is 1.99. The maximum absolute atomic E-state index is 11.9. The molecule has 0 saturated carbocycles. The number of amides is 2. The summed E-state index contributed by atoms with van der Waals surface area (Å²) in [6, 6.07) is 1.53. The van der Waals surface area contributed by atoms with E-state index in [0.29, 0.717) is 44.5 Å². The van der Waals surface area contributed by atoms with Crippen molar-refractivity contribution in [3.8, 4) is 5.88 Å². The number of aromatic nitrogens is 2. The van der Waals surface area contributed by atoms with Crippen molar-refractivity contribution < 1.29 is 19.1 Å². The van der Waals surface area contributed by atoms with Gasteiger partial charge in [-0.3, -0.25) is 14.7 Å². The van der Waals surface area contributed by atoms with Crippen molar-refractivity contribution in [3.63, 3.8) is 0 Å². The molecule has 1 aliphatic rings. The molecular weight excluding hydrogens is 276 g/mol. The highest BCUT2D eigenvalue weighted by molar-refractivity contribution is 5.92. The maximum Gasteiger partial charge on any atom is 0.269 e. The molecule has 116 valence electrons. The average molecular weight is 296 g/mol. The van der Waals surface area contributed by atoms with Gasteiger partial charge in [0.15, 0.2) is 0 Å². The molecule has 8 heteroatoms. The topological polar surface area (TPSA) is 96.5 Å². The lowest BCUT2D eigenvalue weighted by atomic mass is 10.3. The molecule has 1 aliphatic heterocycles. The molecule has 2 rings (SSSR count). The molecule has 0 spiro atoms. The van der Waals surface area contributed by atoms with Crippen molar-refractivity contribution in [2.24, 2.45) is 0 Å². The third-order valence-electron chi connectivity index (χ3n) is 3.08. The Morgan fingerprint density at radius 2 is 2.24 bits per heavy atom. The van der Waals surface area contributed by atoms with Crippen LogP contribution in [0.2, 0.25) is 0 Å². The lowest BCUT2D eigenvalue weighted by Crippen LogP contribution is -2.42. The van der Waals surface area contributed by atoms with E-state index < -0.39 is 0 Å². The van der Waals surface area contributed by atoms with E-state index in [1.54, 1.807) is 4.90 Å². The van der Waals surface area contributed by atoms with Gasteiger partial charge in [0, 0.05) is 32.1 Å². The fourth-order valence-electron chi connectivity index (χ4n) is 1.99. The van der Waals surface area contributed by atoms with E-state index in [1.165, 1.54) is 6.07 Å². The summed E-state index contributed by atoms with van der Waals surface area (Å²) in [5.41, 5.74) is 0.317. The second-order valence-corrected chi connectivity index (χ2v) is 4.55.